The molecule has 6 heteroatoms. The topological polar surface area (TPSA) is 59.1 Å². The lowest BCUT2D eigenvalue weighted by Gasteiger charge is -2.42. The lowest BCUT2D eigenvalue weighted by molar-refractivity contribution is -0.130. The van der Waals surface area contributed by atoms with Crippen LogP contribution in [0.15, 0.2) is 72.8 Å². The van der Waals surface area contributed by atoms with Crippen LogP contribution < -0.4 is 14.4 Å². The summed E-state index contributed by atoms with van der Waals surface area (Å²) in [6.45, 7) is 0. The number of nitrogens with zero attached hydrogens (tertiary/aromatic N) is 2. The third-order valence-electron chi connectivity index (χ3n) is 5.85. The molecule has 3 aromatic rings. The molecule has 0 radical (unpaired) electrons. The van der Waals surface area contributed by atoms with E-state index in [1.165, 1.54) is 0 Å². The van der Waals surface area contributed by atoms with E-state index in [1.54, 1.807) is 44.2 Å². The molecule has 0 aromatic heterocycles. The fourth-order valence-electron chi connectivity index (χ4n) is 4.25. The summed E-state index contributed by atoms with van der Waals surface area (Å²) in [7, 11) is 6.69. The SMILES string of the molecule is COc1ccc([C@@H]2[C@@H](C(=O)N(C)C)c3ccccc3C(=O)N2c2ccc(OC)cc2)cc1. The largest absolute Gasteiger partial charge is 0.497 e. The molecular formula is C26H26N2O4. The van der Waals surface area contributed by atoms with Gasteiger partial charge in [-0.3, -0.25) is 14.5 Å². The number of benzene rings is 3. The second-order valence-electron chi connectivity index (χ2n) is 7.89. The Hall–Kier alpha value is -3.80. The van der Waals surface area contributed by atoms with Crippen molar-refractivity contribution in [2.75, 3.05) is 33.2 Å². The first-order chi connectivity index (χ1) is 15.5. The van der Waals surface area contributed by atoms with E-state index in [1.807, 2.05) is 66.7 Å². The van der Waals surface area contributed by atoms with Crippen LogP contribution in [0.1, 0.15) is 33.4 Å². The minimum atomic E-state index is -0.561. The van der Waals surface area contributed by atoms with Crippen molar-refractivity contribution in [3.8, 4) is 11.5 Å². The number of carbonyl (C=O) groups excluding carboxylic acids is 2. The van der Waals surface area contributed by atoms with Gasteiger partial charge < -0.3 is 14.4 Å². The Labute approximate surface area is 188 Å². The van der Waals surface area contributed by atoms with Gasteiger partial charge in [-0.1, -0.05) is 30.3 Å². The summed E-state index contributed by atoms with van der Waals surface area (Å²) in [6.07, 6.45) is 0. The van der Waals surface area contributed by atoms with E-state index in [4.69, 9.17) is 9.47 Å². The smallest absolute Gasteiger partial charge is 0.259 e. The van der Waals surface area contributed by atoms with Gasteiger partial charge in [0.25, 0.3) is 5.91 Å². The van der Waals surface area contributed by atoms with E-state index in [2.05, 4.69) is 0 Å². The van der Waals surface area contributed by atoms with Crippen molar-refractivity contribution in [1.82, 2.24) is 4.90 Å². The molecule has 6 nitrogen and oxygen atoms in total. The maximum atomic E-state index is 13.8. The maximum absolute atomic E-state index is 13.8. The van der Waals surface area contributed by atoms with Gasteiger partial charge in [0.2, 0.25) is 5.91 Å². The van der Waals surface area contributed by atoms with E-state index in [0.717, 1.165) is 11.1 Å². The average molecular weight is 431 g/mol. The number of hydrogen-bond donors (Lipinski definition) is 0. The Morgan fingerprint density at radius 1 is 0.844 bits per heavy atom. The van der Waals surface area contributed by atoms with Crippen molar-refractivity contribution < 1.29 is 19.1 Å². The van der Waals surface area contributed by atoms with Gasteiger partial charge in [-0.05, 0) is 53.6 Å². The molecule has 0 saturated carbocycles. The second kappa shape index (κ2) is 8.75. The number of hydrogen-bond acceptors (Lipinski definition) is 4. The number of methoxy groups -OCH3 is 2. The summed E-state index contributed by atoms with van der Waals surface area (Å²) in [5, 5.41) is 0. The first-order valence-corrected chi connectivity index (χ1v) is 10.4. The molecular weight excluding hydrogens is 404 g/mol. The van der Waals surface area contributed by atoms with E-state index >= 15 is 0 Å². The lowest BCUT2D eigenvalue weighted by Crippen LogP contribution is -2.47. The monoisotopic (exact) mass is 430 g/mol. The summed E-state index contributed by atoms with van der Waals surface area (Å²) in [5.74, 6) is 0.636. The molecule has 1 aliphatic rings. The lowest BCUT2D eigenvalue weighted by atomic mass is 9.78. The van der Waals surface area contributed by atoms with Crippen LogP contribution in [-0.4, -0.2) is 45.0 Å². The number of ether oxygens (including phenoxy) is 2. The van der Waals surface area contributed by atoms with Crippen LogP contribution in [-0.2, 0) is 4.79 Å². The zero-order valence-corrected chi connectivity index (χ0v) is 18.6. The van der Waals surface area contributed by atoms with E-state index in [0.29, 0.717) is 22.7 Å². The summed E-state index contributed by atoms with van der Waals surface area (Å²) < 4.78 is 10.6. The number of likely N-dealkylation sites (N-methyl/N-ethyl adjacent to an activating group) is 1. The highest BCUT2D eigenvalue weighted by Crippen LogP contribution is 2.46. The molecule has 3 aromatic carbocycles. The van der Waals surface area contributed by atoms with E-state index < -0.39 is 12.0 Å². The Kier molecular flexibility index (Phi) is 5.86. The van der Waals surface area contributed by atoms with Crippen molar-refractivity contribution in [3.63, 3.8) is 0 Å². The van der Waals surface area contributed by atoms with Crippen LogP contribution in [0.4, 0.5) is 5.69 Å². The van der Waals surface area contributed by atoms with Gasteiger partial charge in [0, 0.05) is 25.3 Å². The molecule has 0 unspecified atom stereocenters. The van der Waals surface area contributed by atoms with E-state index in [-0.39, 0.29) is 11.8 Å². The van der Waals surface area contributed by atoms with Crippen molar-refractivity contribution in [1.29, 1.82) is 0 Å². The molecule has 0 bridgehead atoms. The minimum absolute atomic E-state index is 0.0655. The van der Waals surface area contributed by atoms with Gasteiger partial charge in [0.05, 0.1) is 26.2 Å². The maximum Gasteiger partial charge on any atom is 0.259 e. The van der Waals surface area contributed by atoms with E-state index in [9.17, 15) is 9.59 Å². The van der Waals surface area contributed by atoms with Crippen LogP contribution in [0.5, 0.6) is 11.5 Å². The van der Waals surface area contributed by atoms with Gasteiger partial charge in [-0.25, -0.2) is 0 Å². The molecule has 2 amide bonds. The molecule has 0 saturated heterocycles. The van der Waals surface area contributed by atoms with Crippen LogP contribution in [0, 0.1) is 0 Å². The second-order valence-corrected chi connectivity index (χ2v) is 7.89. The van der Waals surface area contributed by atoms with Crippen LogP contribution in [0.3, 0.4) is 0 Å². The van der Waals surface area contributed by atoms with Gasteiger partial charge in [0.15, 0.2) is 0 Å². The Bertz CT molecular complexity index is 1120. The van der Waals surface area contributed by atoms with Gasteiger partial charge in [0.1, 0.15) is 11.5 Å². The zero-order chi connectivity index (χ0) is 22.8. The molecule has 164 valence electrons. The first kappa shape index (κ1) is 21.4. The molecule has 32 heavy (non-hydrogen) atoms. The number of carbonyl (C=O) groups is 2. The fraction of sp³-hybridized carbons (Fsp3) is 0.231. The predicted molar refractivity (Wildman–Crippen MR) is 123 cm³/mol. The molecule has 0 fully saturated rings. The number of fused-ring (bicyclic) bond motifs is 1. The predicted octanol–water partition coefficient (Wildman–Crippen LogP) is 4.28. The summed E-state index contributed by atoms with van der Waals surface area (Å²) >= 11 is 0. The van der Waals surface area contributed by atoms with Crippen molar-refractivity contribution in [2.45, 2.75) is 12.0 Å². The molecule has 2 atom stereocenters. The molecule has 0 spiro atoms. The number of rotatable bonds is 5. The fourth-order valence-corrected chi connectivity index (χ4v) is 4.25. The number of amides is 2. The highest BCUT2D eigenvalue weighted by atomic mass is 16.5. The number of anilines is 1. The normalized spacial score (nSPS) is 17.5. The Morgan fingerprint density at radius 3 is 1.97 bits per heavy atom. The minimum Gasteiger partial charge on any atom is -0.497 e. The van der Waals surface area contributed by atoms with Gasteiger partial charge in [-0.2, -0.15) is 0 Å². The van der Waals surface area contributed by atoms with Gasteiger partial charge in [-0.15, -0.1) is 0 Å². The Morgan fingerprint density at radius 2 is 1.41 bits per heavy atom. The highest BCUT2D eigenvalue weighted by molar-refractivity contribution is 6.11. The molecule has 1 aliphatic heterocycles. The standard InChI is InChI=1S/C26H26N2O4/c1-27(2)26(30)23-21-7-5-6-8-22(21)25(29)28(18-11-15-20(32-4)16-12-18)24(23)17-9-13-19(31-3)14-10-17/h5-16,23-24H,1-4H3/t23-,24+/m0/s1. The third kappa shape index (κ3) is 3.68. The van der Waals surface area contributed by atoms with Crippen molar-refractivity contribution >= 4 is 17.5 Å². The van der Waals surface area contributed by atoms with Crippen LogP contribution >= 0.6 is 0 Å². The van der Waals surface area contributed by atoms with Crippen LogP contribution in [0.25, 0.3) is 0 Å². The Balaban J connectivity index is 1.95. The molecule has 4 rings (SSSR count). The highest BCUT2D eigenvalue weighted by Gasteiger charge is 2.45. The summed E-state index contributed by atoms with van der Waals surface area (Å²) in [5.41, 5.74) is 2.82. The average Bonchev–Trinajstić information content (AvgIpc) is 2.83. The van der Waals surface area contributed by atoms with Crippen LogP contribution in [0.2, 0.25) is 0 Å². The molecule has 0 aliphatic carbocycles. The quantitative estimate of drug-likeness (QED) is 0.606. The molecule has 1 heterocycles. The first-order valence-electron chi connectivity index (χ1n) is 10.4. The third-order valence-corrected chi connectivity index (χ3v) is 5.85. The molecule has 0 N–H and O–H groups in total. The van der Waals surface area contributed by atoms with Crippen molar-refractivity contribution in [3.05, 3.63) is 89.5 Å². The summed E-state index contributed by atoms with van der Waals surface area (Å²) in [6, 6.07) is 21.7. The van der Waals surface area contributed by atoms with Gasteiger partial charge >= 0.3 is 0 Å². The van der Waals surface area contributed by atoms with Crippen molar-refractivity contribution in [2.24, 2.45) is 0 Å². The zero-order valence-electron chi connectivity index (χ0n) is 18.6. The summed E-state index contributed by atoms with van der Waals surface area (Å²) in [4.78, 5) is 30.6.